The summed E-state index contributed by atoms with van der Waals surface area (Å²) in [5.41, 5.74) is 3.32. The van der Waals surface area contributed by atoms with Crippen LogP contribution in [0.3, 0.4) is 0 Å². The van der Waals surface area contributed by atoms with Crippen LogP contribution in [0.4, 0.5) is 0 Å². The maximum Gasteiger partial charge on any atom is 0.179 e. The van der Waals surface area contributed by atoms with E-state index in [0.29, 0.717) is 12.1 Å². The Balaban J connectivity index is 2.36. The lowest BCUT2D eigenvalue weighted by Crippen LogP contribution is -2.40. The minimum Gasteiger partial charge on any atom is -0.227 e. The van der Waals surface area contributed by atoms with Crippen molar-refractivity contribution in [1.82, 2.24) is 0 Å². The summed E-state index contributed by atoms with van der Waals surface area (Å²) in [6, 6.07) is 10.00. The van der Waals surface area contributed by atoms with Crippen molar-refractivity contribution in [3.8, 4) is 0 Å². The van der Waals surface area contributed by atoms with Crippen LogP contribution < -0.4 is 10.4 Å². The van der Waals surface area contributed by atoms with Gasteiger partial charge in [-0.05, 0) is 38.1 Å². The number of nitrogens with zero attached hydrogens (tertiary/aromatic N) is 1. The number of hydrogen-bond acceptors (Lipinski definition) is 0. The van der Waals surface area contributed by atoms with Crippen molar-refractivity contribution in [2.45, 2.75) is 53.1 Å². The Hall–Kier alpha value is -1.37. The van der Waals surface area contributed by atoms with E-state index in [1.807, 2.05) is 0 Å². The summed E-state index contributed by atoms with van der Waals surface area (Å²) in [5, 5.41) is 2.88. The largest absolute Gasteiger partial charge is 0.227 e. The van der Waals surface area contributed by atoms with Crippen LogP contribution in [0.2, 0.25) is 0 Å². The van der Waals surface area contributed by atoms with Crippen molar-refractivity contribution < 1.29 is 4.58 Å². The zero-order valence-electron chi connectivity index (χ0n) is 12.7. The lowest BCUT2D eigenvalue weighted by molar-refractivity contribution is -0.576. The van der Waals surface area contributed by atoms with Crippen LogP contribution in [-0.4, -0.2) is 22.4 Å². The van der Waals surface area contributed by atoms with Crippen molar-refractivity contribution in [2.24, 2.45) is 5.41 Å². The number of rotatable bonds is 1. The van der Waals surface area contributed by atoms with Crippen LogP contribution in [0, 0.1) is 5.41 Å². The predicted octanol–water partition coefficient (Wildman–Crippen LogP) is 2.31. The molecule has 0 saturated carbocycles. The first-order valence-electron chi connectivity index (χ1n) is 7.37. The minimum atomic E-state index is 0.180. The summed E-state index contributed by atoms with van der Waals surface area (Å²) >= 11 is 0. The molecule has 1 aliphatic heterocycles. The first-order chi connectivity index (χ1) is 8.94. The Labute approximate surface area is 116 Å². The molecule has 0 N–H and O–H groups in total. The molecule has 3 rings (SSSR count). The van der Waals surface area contributed by atoms with Crippen molar-refractivity contribution in [1.29, 1.82) is 0 Å². The molecule has 2 aliphatic rings. The fraction of sp³-hybridized carbons (Fsp3) is 0.500. The molecule has 0 saturated heterocycles. The zero-order valence-corrected chi connectivity index (χ0v) is 12.7. The monoisotopic (exact) mass is 254 g/mol. The van der Waals surface area contributed by atoms with Gasteiger partial charge in [0.25, 0.3) is 0 Å². The van der Waals surface area contributed by atoms with E-state index in [0.717, 1.165) is 6.42 Å². The standard InChI is InChI=1S/C18H24N/c1-12(2)19-13(3)18(4,5)17-15-9-7-6-8-14(15)10-11-16(17)19/h6-10,12,16H,11H2,1-5H3/q+1. The predicted molar refractivity (Wildman–Crippen MR) is 81.8 cm³/mol. The molecule has 1 atom stereocenters. The average molecular weight is 254 g/mol. The van der Waals surface area contributed by atoms with Crippen LogP contribution >= 0.6 is 0 Å². The van der Waals surface area contributed by atoms with Gasteiger partial charge in [0.2, 0.25) is 0 Å². The lowest BCUT2D eigenvalue weighted by atomic mass is 9.76. The van der Waals surface area contributed by atoms with E-state index in [1.165, 1.54) is 16.1 Å². The summed E-state index contributed by atoms with van der Waals surface area (Å²) in [7, 11) is 0. The molecule has 0 radical (unpaired) electrons. The second-order valence-corrected chi connectivity index (χ2v) is 6.67. The minimum absolute atomic E-state index is 0.180. The molecule has 1 nitrogen and oxygen atoms in total. The molecule has 1 aromatic rings. The van der Waals surface area contributed by atoms with Crippen molar-refractivity contribution in [3.05, 3.63) is 34.7 Å². The molecule has 0 amide bonds. The van der Waals surface area contributed by atoms with Gasteiger partial charge in [0.15, 0.2) is 11.8 Å². The van der Waals surface area contributed by atoms with Crippen LogP contribution in [0.1, 0.15) is 41.0 Å². The van der Waals surface area contributed by atoms with Crippen molar-refractivity contribution in [2.75, 3.05) is 0 Å². The summed E-state index contributed by atoms with van der Waals surface area (Å²) < 4.78 is 2.63. The van der Waals surface area contributed by atoms with E-state index in [1.54, 1.807) is 5.57 Å². The van der Waals surface area contributed by atoms with E-state index >= 15 is 0 Å². The number of fused-ring (bicyclic) bond motifs is 2. The molecule has 0 fully saturated rings. The molecule has 1 aromatic carbocycles. The molecular formula is C18H24N+. The Bertz CT molecular complexity index is 674. The SMILES string of the molecule is CC1=[N+](C(C)C)C2CC=c3ccccc3=C2C1(C)C. The van der Waals surface area contributed by atoms with Gasteiger partial charge in [-0.1, -0.05) is 30.3 Å². The van der Waals surface area contributed by atoms with Gasteiger partial charge >= 0.3 is 0 Å². The maximum atomic E-state index is 2.63. The second kappa shape index (κ2) is 4.06. The molecule has 1 heterocycles. The van der Waals surface area contributed by atoms with Crippen LogP contribution in [-0.2, 0) is 0 Å². The number of hydrogen-bond donors (Lipinski definition) is 0. The highest BCUT2D eigenvalue weighted by Crippen LogP contribution is 2.40. The highest BCUT2D eigenvalue weighted by Gasteiger charge is 2.50. The fourth-order valence-electron chi connectivity index (χ4n) is 3.96. The Kier molecular flexibility index (Phi) is 2.70. The van der Waals surface area contributed by atoms with Gasteiger partial charge in [0.05, 0.1) is 5.41 Å². The molecule has 0 aromatic heterocycles. The van der Waals surface area contributed by atoms with E-state index in [4.69, 9.17) is 0 Å². The highest BCUT2D eigenvalue weighted by atomic mass is 15.1. The summed E-state index contributed by atoms with van der Waals surface area (Å²) in [6.45, 7) is 11.7. The first kappa shape index (κ1) is 12.7. The normalized spacial score (nSPS) is 24.3. The third-order valence-electron chi connectivity index (χ3n) is 5.00. The Morgan fingerprint density at radius 2 is 1.89 bits per heavy atom. The smallest absolute Gasteiger partial charge is 0.179 e. The first-order valence-corrected chi connectivity index (χ1v) is 7.37. The molecule has 1 heteroatoms. The summed E-state index contributed by atoms with van der Waals surface area (Å²) in [5.74, 6) is 0. The molecule has 1 unspecified atom stereocenters. The van der Waals surface area contributed by atoms with Gasteiger partial charge in [0, 0.05) is 18.9 Å². The third kappa shape index (κ3) is 1.64. The third-order valence-corrected chi connectivity index (χ3v) is 5.00. The molecule has 1 aliphatic carbocycles. The van der Waals surface area contributed by atoms with E-state index in [9.17, 15) is 0 Å². The fourth-order valence-corrected chi connectivity index (χ4v) is 3.96. The van der Waals surface area contributed by atoms with Crippen molar-refractivity contribution >= 4 is 17.4 Å². The lowest BCUT2D eigenvalue weighted by Gasteiger charge is -2.21. The topological polar surface area (TPSA) is 3.01 Å². The quantitative estimate of drug-likeness (QED) is 0.677. The molecule has 19 heavy (non-hydrogen) atoms. The van der Waals surface area contributed by atoms with Crippen LogP contribution in [0.5, 0.6) is 0 Å². The zero-order chi connectivity index (χ0) is 13.8. The Morgan fingerprint density at radius 1 is 1.21 bits per heavy atom. The van der Waals surface area contributed by atoms with Gasteiger partial charge in [-0.3, -0.25) is 0 Å². The molecule has 100 valence electrons. The van der Waals surface area contributed by atoms with Gasteiger partial charge in [0.1, 0.15) is 6.04 Å². The van der Waals surface area contributed by atoms with Gasteiger partial charge < -0.3 is 0 Å². The van der Waals surface area contributed by atoms with E-state index in [2.05, 4.69) is 69.5 Å². The van der Waals surface area contributed by atoms with E-state index < -0.39 is 0 Å². The summed E-state index contributed by atoms with van der Waals surface area (Å²) in [6.07, 6.45) is 3.55. The second-order valence-electron chi connectivity index (χ2n) is 6.67. The van der Waals surface area contributed by atoms with Crippen molar-refractivity contribution in [3.63, 3.8) is 0 Å². The van der Waals surface area contributed by atoms with Crippen LogP contribution in [0.25, 0.3) is 11.6 Å². The van der Waals surface area contributed by atoms with Gasteiger partial charge in [-0.2, -0.15) is 0 Å². The average Bonchev–Trinajstić information content (AvgIpc) is 2.57. The van der Waals surface area contributed by atoms with Gasteiger partial charge in [-0.15, -0.1) is 0 Å². The number of benzene rings is 1. The molecular weight excluding hydrogens is 230 g/mol. The van der Waals surface area contributed by atoms with E-state index in [-0.39, 0.29) is 5.41 Å². The highest BCUT2D eigenvalue weighted by molar-refractivity contribution is 5.96. The Morgan fingerprint density at radius 3 is 2.58 bits per heavy atom. The molecule has 0 spiro atoms. The maximum absolute atomic E-state index is 2.63. The molecule has 0 bridgehead atoms. The van der Waals surface area contributed by atoms with Gasteiger partial charge in [-0.25, -0.2) is 4.58 Å². The van der Waals surface area contributed by atoms with Crippen LogP contribution in [0.15, 0.2) is 24.3 Å². The summed E-state index contributed by atoms with van der Waals surface area (Å²) in [4.78, 5) is 0.